The van der Waals surface area contributed by atoms with E-state index in [1.54, 1.807) is 12.1 Å². The van der Waals surface area contributed by atoms with Crippen LogP contribution in [-0.2, 0) is 0 Å². The minimum absolute atomic E-state index is 0.0236. The predicted octanol–water partition coefficient (Wildman–Crippen LogP) is 5.40. The molecule has 4 aromatic rings. The van der Waals surface area contributed by atoms with Gasteiger partial charge in [0.25, 0.3) is 5.91 Å². The lowest BCUT2D eigenvalue weighted by molar-refractivity contribution is 0.101. The van der Waals surface area contributed by atoms with E-state index < -0.39 is 5.91 Å². The van der Waals surface area contributed by atoms with Crippen LogP contribution in [0.1, 0.15) is 16.2 Å². The first-order valence-electron chi connectivity index (χ1n) is 8.87. The Hall–Kier alpha value is -3.32. The van der Waals surface area contributed by atoms with E-state index in [1.807, 2.05) is 55.5 Å². The Labute approximate surface area is 175 Å². The van der Waals surface area contributed by atoms with Gasteiger partial charge in [0, 0.05) is 15.7 Å². The summed E-state index contributed by atoms with van der Waals surface area (Å²) < 4.78 is 15.8. The molecule has 0 radical (unpaired) electrons. The number of nitrogens with zero attached hydrogens (tertiary/aromatic N) is 3. The molecule has 0 aliphatic rings. The van der Waals surface area contributed by atoms with Crippen molar-refractivity contribution in [2.45, 2.75) is 6.92 Å². The fourth-order valence-electron chi connectivity index (χ4n) is 2.89. The van der Waals surface area contributed by atoms with Crippen molar-refractivity contribution in [1.29, 1.82) is 0 Å². The van der Waals surface area contributed by atoms with Gasteiger partial charge in [-0.2, -0.15) is 0 Å². The van der Waals surface area contributed by atoms with Crippen LogP contribution in [-0.4, -0.2) is 20.7 Å². The van der Waals surface area contributed by atoms with Crippen LogP contribution < -0.4 is 5.32 Å². The second-order valence-electron chi connectivity index (χ2n) is 6.43. The maximum Gasteiger partial charge on any atom is 0.295 e. The van der Waals surface area contributed by atoms with Crippen LogP contribution >= 0.6 is 15.9 Å². The summed E-state index contributed by atoms with van der Waals surface area (Å²) in [5.74, 6) is -0.252. The topological polar surface area (TPSA) is 59.8 Å². The van der Waals surface area contributed by atoms with Crippen LogP contribution in [0.3, 0.4) is 0 Å². The number of benzene rings is 3. The normalized spacial score (nSPS) is 10.7. The average molecular weight is 451 g/mol. The number of rotatable bonds is 4. The quantitative estimate of drug-likeness (QED) is 0.452. The van der Waals surface area contributed by atoms with Crippen molar-refractivity contribution >= 4 is 27.5 Å². The number of halogens is 2. The van der Waals surface area contributed by atoms with E-state index >= 15 is 0 Å². The second kappa shape index (κ2) is 7.97. The van der Waals surface area contributed by atoms with E-state index in [4.69, 9.17) is 0 Å². The molecule has 1 aromatic heterocycles. The number of aromatic nitrogens is 3. The number of aryl methyl sites for hydroxylation is 1. The Kier molecular flexibility index (Phi) is 5.22. The van der Waals surface area contributed by atoms with Gasteiger partial charge >= 0.3 is 0 Å². The van der Waals surface area contributed by atoms with E-state index in [0.717, 1.165) is 15.6 Å². The van der Waals surface area contributed by atoms with Crippen LogP contribution in [0.5, 0.6) is 0 Å². The molecule has 0 atom stereocenters. The second-order valence-corrected chi connectivity index (χ2v) is 7.34. The molecule has 5 nitrogen and oxygen atoms in total. The van der Waals surface area contributed by atoms with Gasteiger partial charge in [0.05, 0.1) is 5.69 Å². The average Bonchev–Trinajstić information content (AvgIpc) is 3.17. The summed E-state index contributed by atoms with van der Waals surface area (Å²) >= 11 is 3.41. The van der Waals surface area contributed by atoms with E-state index in [1.165, 1.54) is 16.8 Å². The van der Waals surface area contributed by atoms with E-state index in [0.29, 0.717) is 17.2 Å². The summed E-state index contributed by atoms with van der Waals surface area (Å²) in [4.78, 5) is 17.3. The third-order valence-electron chi connectivity index (χ3n) is 4.35. The highest BCUT2D eigenvalue weighted by molar-refractivity contribution is 9.10. The van der Waals surface area contributed by atoms with Gasteiger partial charge in [0.2, 0.25) is 5.82 Å². The molecule has 1 amide bonds. The number of hydrogen-bond acceptors (Lipinski definition) is 3. The molecule has 4 rings (SSSR count). The molecule has 7 heteroatoms. The minimum Gasteiger partial charge on any atom is -0.319 e. The molecular formula is C22H16BrFN4O. The Balaban J connectivity index is 1.74. The fourth-order valence-corrected chi connectivity index (χ4v) is 3.37. The summed E-state index contributed by atoms with van der Waals surface area (Å²) in [5, 5.41) is 7.24. The standard InChI is InChI=1S/C22H16BrFN4O/c1-14-13-16(23)7-12-19(14)25-22(29)20-26-21(15-5-3-2-4-6-15)28(27-20)18-10-8-17(24)9-11-18/h2-13H,1H3,(H,25,29). The number of carbonyl (C=O) groups is 1. The maximum absolute atomic E-state index is 13.4. The van der Waals surface area contributed by atoms with Crippen molar-refractivity contribution in [3.05, 3.63) is 94.5 Å². The Morgan fingerprint density at radius 1 is 1.03 bits per heavy atom. The molecule has 1 heterocycles. The van der Waals surface area contributed by atoms with Crippen molar-refractivity contribution in [2.24, 2.45) is 0 Å². The molecule has 0 aliphatic carbocycles. The molecular weight excluding hydrogens is 435 g/mol. The minimum atomic E-state index is -0.423. The first-order chi connectivity index (χ1) is 14.0. The molecule has 0 saturated carbocycles. The van der Waals surface area contributed by atoms with Crippen molar-refractivity contribution in [3.63, 3.8) is 0 Å². The Morgan fingerprint density at radius 3 is 2.45 bits per heavy atom. The summed E-state index contributed by atoms with van der Waals surface area (Å²) in [6, 6.07) is 20.9. The number of nitrogens with one attached hydrogen (secondary N) is 1. The van der Waals surface area contributed by atoms with Crippen molar-refractivity contribution in [1.82, 2.24) is 14.8 Å². The molecule has 0 unspecified atom stereocenters. The van der Waals surface area contributed by atoms with E-state index in [2.05, 4.69) is 31.3 Å². The highest BCUT2D eigenvalue weighted by Crippen LogP contribution is 2.23. The van der Waals surface area contributed by atoms with Gasteiger partial charge in [-0.1, -0.05) is 46.3 Å². The molecule has 0 aliphatic heterocycles. The van der Waals surface area contributed by atoms with E-state index in [9.17, 15) is 9.18 Å². The van der Waals surface area contributed by atoms with Gasteiger partial charge < -0.3 is 5.32 Å². The first-order valence-corrected chi connectivity index (χ1v) is 9.66. The van der Waals surface area contributed by atoms with Gasteiger partial charge in [0.15, 0.2) is 5.82 Å². The highest BCUT2D eigenvalue weighted by atomic mass is 79.9. The molecule has 0 fully saturated rings. The van der Waals surface area contributed by atoms with Crippen LogP contribution in [0.25, 0.3) is 17.1 Å². The number of hydrogen-bond donors (Lipinski definition) is 1. The predicted molar refractivity (Wildman–Crippen MR) is 114 cm³/mol. The Morgan fingerprint density at radius 2 is 1.76 bits per heavy atom. The van der Waals surface area contributed by atoms with Crippen molar-refractivity contribution in [2.75, 3.05) is 5.32 Å². The summed E-state index contributed by atoms with van der Waals surface area (Å²) in [6.45, 7) is 1.90. The first kappa shape index (κ1) is 19.0. The molecule has 29 heavy (non-hydrogen) atoms. The van der Waals surface area contributed by atoms with Crippen LogP contribution in [0.15, 0.2) is 77.3 Å². The summed E-state index contributed by atoms with van der Waals surface area (Å²) in [7, 11) is 0. The van der Waals surface area contributed by atoms with Crippen molar-refractivity contribution in [3.8, 4) is 17.1 Å². The van der Waals surface area contributed by atoms with Crippen molar-refractivity contribution < 1.29 is 9.18 Å². The van der Waals surface area contributed by atoms with Gasteiger partial charge in [-0.05, 0) is 55.0 Å². The zero-order valence-electron chi connectivity index (χ0n) is 15.4. The molecule has 0 saturated heterocycles. The smallest absolute Gasteiger partial charge is 0.295 e. The van der Waals surface area contributed by atoms with Gasteiger partial charge in [-0.25, -0.2) is 14.1 Å². The number of anilines is 1. The Bertz CT molecular complexity index is 1170. The molecule has 0 bridgehead atoms. The van der Waals surface area contributed by atoms with Crippen LogP contribution in [0.4, 0.5) is 10.1 Å². The zero-order chi connectivity index (χ0) is 20.4. The maximum atomic E-state index is 13.4. The molecule has 1 N–H and O–H groups in total. The SMILES string of the molecule is Cc1cc(Br)ccc1NC(=O)c1nc(-c2ccccc2)n(-c2ccc(F)cc2)n1. The lowest BCUT2D eigenvalue weighted by Crippen LogP contribution is -2.15. The lowest BCUT2D eigenvalue weighted by Gasteiger charge is -2.06. The van der Waals surface area contributed by atoms with Gasteiger partial charge in [-0.3, -0.25) is 4.79 Å². The molecule has 3 aromatic carbocycles. The van der Waals surface area contributed by atoms with Gasteiger partial charge in [0.1, 0.15) is 5.82 Å². The fraction of sp³-hybridized carbons (Fsp3) is 0.0455. The third-order valence-corrected chi connectivity index (χ3v) is 4.84. The molecule has 0 spiro atoms. The molecule has 144 valence electrons. The van der Waals surface area contributed by atoms with Crippen LogP contribution in [0, 0.1) is 12.7 Å². The number of carbonyl (C=O) groups excluding carboxylic acids is 1. The highest BCUT2D eigenvalue weighted by Gasteiger charge is 2.19. The van der Waals surface area contributed by atoms with Gasteiger partial charge in [-0.15, -0.1) is 5.10 Å². The summed E-state index contributed by atoms with van der Waals surface area (Å²) in [6.07, 6.45) is 0. The zero-order valence-corrected chi connectivity index (χ0v) is 17.0. The number of amides is 1. The monoisotopic (exact) mass is 450 g/mol. The summed E-state index contributed by atoms with van der Waals surface area (Å²) in [5.41, 5.74) is 2.99. The third kappa shape index (κ3) is 4.09. The van der Waals surface area contributed by atoms with Crippen LogP contribution in [0.2, 0.25) is 0 Å². The van der Waals surface area contributed by atoms with E-state index in [-0.39, 0.29) is 11.6 Å². The lowest BCUT2D eigenvalue weighted by atomic mass is 10.2. The largest absolute Gasteiger partial charge is 0.319 e.